The zero-order valence-corrected chi connectivity index (χ0v) is 12.2. The molecule has 6 heteroatoms. The second kappa shape index (κ2) is 5.60. The van der Waals surface area contributed by atoms with Crippen LogP contribution in [0.15, 0.2) is 17.2 Å². The zero-order chi connectivity index (χ0) is 14.9. The molecular formula is C15H22N4O2. The Labute approximate surface area is 123 Å². The molecule has 1 saturated carbocycles. The van der Waals surface area contributed by atoms with Gasteiger partial charge in [0, 0.05) is 24.2 Å². The van der Waals surface area contributed by atoms with Crippen LogP contribution in [0.1, 0.15) is 48.9 Å². The first-order chi connectivity index (χ1) is 10.2. The van der Waals surface area contributed by atoms with E-state index in [1.807, 2.05) is 4.90 Å². The molecule has 3 N–H and O–H groups in total. The van der Waals surface area contributed by atoms with Gasteiger partial charge in [0.05, 0.1) is 6.20 Å². The molecule has 1 aromatic heterocycles. The van der Waals surface area contributed by atoms with E-state index in [0.29, 0.717) is 13.1 Å². The monoisotopic (exact) mass is 290 g/mol. The summed E-state index contributed by atoms with van der Waals surface area (Å²) in [5, 5.41) is 6.25. The van der Waals surface area contributed by atoms with Crippen molar-refractivity contribution in [3.8, 4) is 0 Å². The summed E-state index contributed by atoms with van der Waals surface area (Å²) in [5.74, 6) is -0.178. The average Bonchev–Trinajstić information content (AvgIpc) is 2.47. The highest BCUT2D eigenvalue weighted by Crippen LogP contribution is 2.47. The standard InChI is InChI=1S/C15H22N4O2/c16-10-15(5-3-6-15)13-4-1-2-7-19(13)14(21)11-8-17-18-9-12(11)20/h8-9,13H,1-7,10,16H2,(H,17,20). The minimum atomic E-state index is -0.321. The number of piperidine rings is 1. The molecule has 1 atom stereocenters. The average molecular weight is 290 g/mol. The normalized spacial score (nSPS) is 24.4. The highest BCUT2D eigenvalue weighted by atomic mass is 16.2. The van der Waals surface area contributed by atoms with Crippen LogP contribution in [0.3, 0.4) is 0 Å². The molecule has 2 fully saturated rings. The van der Waals surface area contributed by atoms with Gasteiger partial charge >= 0.3 is 0 Å². The molecule has 114 valence electrons. The summed E-state index contributed by atoms with van der Waals surface area (Å²) in [4.78, 5) is 26.5. The Hall–Kier alpha value is -1.69. The highest BCUT2D eigenvalue weighted by Gasteiger charge is 2.47. The summed E-state index contributed by atoms with van der Waals surface area (Å²) >= 11 is 0. The molecule has 1 aliphatic carbocycles. The summed E-state index contributed by atoms with van der Waals surface area (Å²) in [5.41, 5.74) is 5.94. The fourth-order valence-corrected chi connectivity index (χ4v) is 3.78. The van der Waals surface area contributed by atoms with Crippen molar-refractivity contribution in [1.82, 2.24) is 15.1 Å². The van der Waals surface area contributed by atoms with Gasteiger partial charge in [0.2, 0.25) is 5.43 Å². The number of nitrogens with zero attached hydrogens (tertiary/aromatic N) is 2. The lowest BCUT2D eigenvalue weighted by Gasteiger charge is -2.53. The van der Waals surface area contributed by atoms with E-state index in [9.17, 15) is 9.59 Å². The van der Waals surface area contributed by atoms with Crippen molar-refractivity contribution < 1.29 is 4.79 Å². The van der Waals surface area contributed by atoms with Gasteiger partial charge in [-0.25, -0.2) is 0 Å². The van der Waals surface area contributed by atoms with Crippen LogP contribution in [-0.2, 0) is 0 Å². The third-order valence-electron chi connectivity index (χ3n) is 5.19. The molecule has 1 aliphatic heterocycles. The Morgan fingerprint density at radius 1 is 1.43 bits per heavy atom. The number of aromatic nitrogens is 2. The lowest BCUT2D eigenvalue weighted by atomic mass is 9.61. The molecule has 1 aromatic rings. The van der Waals surface area contributed by atoms with E-state index in [-0.39, 0.29) is 28.4 Å². The number of amides is 1. The van der Waals surface area contributed by atoms with Crippen molar-refractivity contribution in [2.75, 3.05) is 13.1 Å². The van der Waals surface area contributed by atoms with Crippen molar-refractivity contribution in [3.63, 3.8) is 0 Å². The number of nitrogens with two attached hydrogens (primary N) is 1. The number of carbonyl (C=O) groups excluding carboxylic acids is 1. The molecule has 2 heterocycles. The summed E-state index contributed by atoms with van der Waals surface area (Å²) in [6, 6.07) is 0.171. The van der Waals surface area contributed by atoms with Crippen LogP contribution >= 0.6 is 0 Å². The number of hydrogen-bond donors (Lipinski definition) is 2. The van der Waals surface area contributed by atoms with Crippen LogP contribution in [0.4, 0.5) is 0 Å². The number of hydrogen-bond acceptors (Lipinski definition) is 4. The van der Waals surface area contributed by atoms with Crippen molar-refractivity contribution in [2.45, 2.75) is 44.6 Å². The smallest absolute Gasteiger partial charge is 0.259 e. The fourth-order valence-electron chi connectivity index (χ4n) is 3.78. The molecule has 3 rings (SSSR count). The second-order valence-corrected chi connectivity index (χ2v) is 6.24. The van der Waals surface area contributed by atoms with Crippen LogP contribution in [0, 0.1) is 5.41 Å². The molecule has 2 aliphatic rings. The van der Waals surface area contributed by atoms with Gasteiger partial charge in [0.15, 0.2) is 0 Å². The maximum Gasteiger partial charge on any atom is 0.259 e. The maximum atomic E-state index is 12.8. The third-order valence-corrected chi connectivity index (χ3v) is 5.19. The topological polar surface area (TPSA) is 92.1 Å². The van der Waals surface area contributed by atoms with Crippen LogP contribution in [0.25, 0.3) is 0 Å². The minimum Gasteiger partial charge on any atom is -0.335 e. The van der Waals surface area contributed by atoms with Crippen molar-refractivity contribution in [2.24, 2.45) is 11.1 Å². The number of rotatable bonds is 3. The van der Waals surface area contributed by atoms with E-state index in [1.165, 1.54) is 12.6 Å². The predicted octanol–water partition coefficient (Wildman–Crippen LogP) is 0.894. The summed E-state index contributed by atoms with van der Waals surface area (Å²) in [6.45, 7) is 1.33. The molecule has 0 bridgehead atoms. The molecule has 1 unspecified atom stereocenters. The molecule has 0 radical (unpaired) electrons. The Kier molecular flexibility index (Phi) is 3.80. The van der Waals surface area contributed by atoms with Gasteiger partial charge in [-0.2, -0.15) is 5.10 Å². The number of H-pyrrole nitrogens is 1. The van der Waals surface area contributed by atoms with Gasteiger partial charge in [-0.05, 0) is 38.6 Å². The number of likely N-dealkylation sites (tertiary alicyclic amines) is 1. The van der Waals surface area contributed by atoms with E-state index in [1.54, 1.807) is 0 Å². The molecule has 6 nitrogen and oxygen atoms in total. The van der Waals surface area contributed by atoms with E-state index in [4.69, 9.17) is 5.73 Å². The largest absolute Gasteiger partial charge is 0.335 e. The zero-order valence-electron chi connectivity index (χ0n) is 12.2. The lowest BCUT2D eigenvalue weighted by molar-refractivity contribution is -0.00886. The van der Waals surface area contributed by atoms with Crippen molar-refractivity contribution >= 4 is 5.91 Å². The van der Waals surface area contributed by atoms with Gasteiger partial charge in [-0.3, -0.25) is 14.7 Å². The summed E-state index contributed by atoms with van der Waals surface area (Å²) in [6.07, 6.45) is 9.04. The maximum absolute atomic E-state index is 12.8. The first-order valence-corrected chi connectivity index (χ1v) is 7.72. The highest BCUT2D eigenvalue weighted by molar-refractivity contribution is 5.94. The SMILES string of the molecule is NCC1(C2CCCCN2C(=O)c2c[nH]ncc2=O)CCC1. The van der Waals surface area contributed by atoms with Crippen LogP contribution in [0.5, 0.6) is 0 Å². The molecule has 21 heavy (non-hydrogen) atoms. The first-order valence-electron chi connectivity index (χ1n) is 7.72. The number of nitrogens with one attached hydrogen (secondary N) is 1. The molecular weight excluding hydrogens is 268 g/mol. The molecule has 0 aromatic carbocycles. The summed E-state index contributed by atoms with van der Waals surface area (Å²) in [7, 11) is 0. The number of aromatic amines is 1. The predicted molar refractivity (Wildman–Crippen MR) is 78.9 cm³/mol. The summed E-state index contributed by atoms with van der Waals surface area (Å²) < 4.78 is 0. The Morgan fingerprint density at radius 2 is 2.24 bits per heavy atom. The van der Waals surface area contributed by atoms with Gasteiger partial charge in [0.1, 0.15) is 5.56 Å². The van der Waals surface area contributed by atoms with E-state index >= 15 is 0 Å². The van der Waals surface area contributed by atoms with E-state index < -0.39 is 0 Å². The Bertz CT molecular complexity index is 574. The molecule has 1 saturated heterocycles. The van der Waals surface area contributed by atoms with Gasteiger partial charge in [-0.15, -0.1) is 0 Å². The van der Waals surface area contributed by atoms with E-state index in [2.05, 4.69) is 10.2 Å². The molecule has 0 spiro atoms. The quantitative estimate of drug-likeness (QED) is 0.865. The van der Waals surface area contributed by atoms with E-state index in [0.717, 1.165) is 38.3 Å². The number of carbonyl (C=O) groups is 1. The Morgan fingerprint density at radius 3 is 2.86 bits per heavy atom. The van der Waals surface area contributed by atoms with Crippen LogP contribution in [0.2, 0.25) is 0 Å². The fraction of sp³-hybridized carbons (Fsp3) is 0.667. The van der Waals surface area contributed by atoms with Gasteiger partial charge in [0.25, 0.3) is 5.91 Å². The van der Waals surface area contributed by atoms with Crippen molar-refractivity contribution in [1.29, 1.82) is 0 Å². The van der Waals surface area contributed by atoms with Crippen LogP contribution in [-0.4, -0.2) is 40.1 Å². The van der Waals surface area contributed by atoms with Gasteiger partial charge < -0.3 is 10.6 Å². The molecule has 1 amide bonds. The minimum absolute atomic E-state index is 0.0653. The Balaban J connectivity index is 1.89. The lowest BCUT2D eigenvalue weighted by Crippen LogP contribution is -2.58. The van der Waals surface area contributed by atoms with Crippen molar-refractivity contribution in [3.05, 3.63) is 28.2 Å². The van der Waals surface area contributed by atoms with Crippen LogP contribution < -0.4 is 11.2 Å². The van der Waals surface area contributed by atoms with Gasteiger partial charge in [-0.1, -0.05) is 6.42 Å². The first kappa shape index (κ1) is 14.3. The second-order valence-electron chi connectivity index (χ2n) is 6.24. The third kappa shape index (κ3) is 2.37.